The first-order valence-corrected chi connectivity index (χ1v) is 12.3. The molecule has 1 heterocycles. The summed E-state index contributed by atoms with van der Waals surface area (Å²) in [6.45, 7) is 7.10. The summed E-state index contributed by atoms with van der Waals surface area (Å²) in [7, 11) is 0. The maximum atomic E-state index is 11.5. The highest BCUT2D eigenvalue weighted by atomic mass is 16.7. The molecule has 3 unspecified atom stereocenters. The first-order valence-electron chi connectivity index (χ1n) is 12.3. The van der Waals surface area contributed by atoms with Crippen molar-refractivity contribution in [1.82, 2.24) is 5.32 Å². The molecule has 1 aromatic carbocycles. The van der Waals surface area contributed by atoms with Crippen LogP contribution in [-0.4, -0.2) is 54.9 Å². The van der Waals surface area contributed by atoms with E-state index in [0.29, 0.717) is 57.6 Å². The zero-order valence-electron chi connectivity index (χ0n) is 20.6. The van der Waals surface area contributed by atoms with Gasteiger partial charge in [-0.1, -0.05) is 26.0 Å². The third-order valence-corrected chi connectivity index (χ3v) is 5.74. The number of amides is 1. The number of carbonyl (C=O) groups is 3. The molecule has 1 fully saturated rings. The van der Waals surface area contributed by atoms with Crippen LogP contribution in [0.3, 0.4) is 0 Å². The van der Waals surface area contributed by atoms with Crippen molar-refractivity contribution in [3.63, 3.8) is 0 Å². The molecule has 3 atom stereocenters. The molecule has 0 aliphatic carbocycles. The summed E-state index contributed by atoms with van der Waals surface area (Å²) in [6, 6.07) is 5.95. The van der Waals surface area contributed by atoms with Gasteiger partial charge in [0.25, 0.3) is 0 Å². The van der Waals surface area contributed by atoms with Crippen molar-refractivity contribution in [3.05, 3.63) is 29.3 Å². The molecule has 0 saturated carbocycles. The Morgan fingerprint density at radius 2 is 1.94 bits per heavy atom. The Morgan fingerprint density at radius 3 is 2.65 bits per heavy atom. The summed E-state index contributed by atoms with van der Waals surface area (Å²) in [4.78, 5) is 34.4. The first-order chi connectivity index (χ1) is 16.3. The fourth-order valence-electron chi connectivity index (χ4n) is 3.90. The molecule has 1 aliphatic rings. The van der Waals surface area contributed by atoms with E-state index in [1.807, 2.05) is 32.0 Å². The minimum atomic E-state index is -0.976. The van der Waals surface area contributed by atoms with E-state index in [-0.39, 0.29) is 17.6 Å². The highest BCUT2D eigenvalue weighted by Crippen LogP contribution is 2.30. The van der Waals surface area contributed by atoms with Crippen LogP contribution in [0.4, 0.5) is 0 Å². The van der Waals surface area contributed by atoms with E-state index in [0.717, 1.165) is 30.4 Å². The lowest BCUT2D eigenvalue weighted by atomic mass is 9.96. The van der Waals surface area contributed by atoms with Gasteiger partial charge in [-0.2, -0.15) is 0 Å². The normalized spacial score (nSPS) is 20.0. The number of ether oxygens (including phenoxy) is 3. The monoisotopic (exact) mass is 477 g/mol. The van der Waals surface area contributed by atoms with E-state index in [9.17, 15) is 19.5 Å². The first kappa shape index (κ1) is 27.8. The molecule has 8 nitrogen and oxygen atoms in total. The van der Waals surface area contributed by atoms with Crippen molar-refractivity contribution in [1.29, 1.82) is 0 Å². The topological polar surface area (TPSA) is 111 Å². The number of aryl methyl sites for hydroxylation is 2. The lowest BCUT2D eigenvalue weighted by molar-refractivity contribution is -0.187. The maximum Gasteiger partial charge on any atom is 0.332 e. The fourth-order valence-corrected chi connectivity index (χ4v) is 3.90. The number of aliphatic carboxylic acids is 1. The fraction of sp³-hybridized carbons (Fsp3) is 0.654. The van der Waals surface area contributed by atoms with Crippen LogP contribution in [0.25, 0.3) is 0 Å². The number of ketones is 1. The maximum absolute atomic E-state index is 11.5. The molecule has 0 bridgehead atoms. The number of rotatable bonds is 15. The Balaban J connectivity index is 1.91. The Kier molecular flexibility index (Phi) is 12.0. The van der Waals surface area contributed by atoms with E-state index in [1.165, 1.54) is 0 Å². The van der Waals surface area contributed by atoms with Crippen LogP contribution < -0.4 is 10.1 Å². The second-order valence-corrected chi connectivity index (χ2v) is 9.05. The van der Waals surface area contributed by atoms with E-state index in [4.69, 9.17) is 14.2 Å². The summed E-state index contributed by atoms with van der Waals surface area (Å²) >= 11 is 0. The second-order valence-electron chi connectivity index (χ2n) is 9.05. The van der Waals surface area contributed by atoms with Crippen LogP contribution in [0.15, 0.2) is 18.2 Å². The zero-order chi connectivity index (χ0) is 24.9. The van der Waals surface area contributed by atoms with Gasteiger partial charge in [0, 0.05) is 32.4 Å². The molecule has 1 saturated heterocycles. The summed E-state index contributed by atoms with van der Waals surface area (Å²) < 4.78 is 17.4. The number of carbonyl (C=O) groups excluding carboxylic acids is 2. The van der Waals surface area contributed by atoms with Gasteiger partial charge in [0.1, 0.15) is 11.5 Å². The van der Waals surface area contributed by atoms with E-state index >= 15 is 0 Å². The summed E-state index contributed by atoms with van der Waals surface area (Å²) in [5.41, 5.74) is 1.98. The molecular weight excluding hydrogens is 438 g/mol. The molecule has 1 aromatic rings. The molecule has 2 N–H and O–H groups in total. The van der Waals surface area contributed by atoms with Crippen LogP contribution in [0.5, 0.6) is 5.75 Å². The standard InChI is InChI=1S/C26H39NO7/c1-4-6-24(29)27-12-14-32-13-5-7-20-9-11-21(10-8-19(3)28)22(17-20)33-25-16-18(2)15-23(34-25)26(30)31/h9,11,17-18,23,25H,4-8,10,12-16H2,1-3H3,(H,27,29)(H,30,31). The van der Waals surface area contributed by atoms with Gasteiger partial charge in [-0.15, -0.1) is 0 Å². The molecule has 2 rings (SSSR count). The van der Waals surface area contributed by atoms with E-state index in [1.54, 1.807) is 6.92 Å². The summed E-state index contributed by atoms with van der Waals surface area (Å²) in [6.07, 6.45) is 3.51. The molecule has 0 radical (unpaired) electrons. The SMILES string of the molecule is CCCC(=O)NCCOCCCc1ccc(CCC(C)=O)c(OC2CC(C)CC(C(=O)O)O2)c1. The quantitative estimate of drug-likeness (QED) is 0.371. The summed E-state index contributed by atoms with van der Waals surface area (Å²) in [5.74, 6) is -0.00849. The second kappa shape index (κ2) is 14.7. The number of carboxylic acid groups (broad SMARTS) is 1. The van der Waals surface area contributed by atoms with Gasteiger partial charge in [-0.05, 0) is 62.1 Å². The Hall–Kier alpha value is -2.45. The molecule has 190 valence electrons. The van der Waals surface area contributed by atoms with Gasteiger partial charge in [0.2, 0.25) is 12.2 Å². The Bertz CT molecular complexity index is 810. The highest BCUT2D eigenvalue weighted by Gasteiger charge is 2.33. The number of hydrogen-bond acceptors (Lipinski definition) is 6. The number of hydrogen-bond donors (Lipinski definition) is 2. The van der Waals surface area contributed by atoms with Crippen molar-refractivity contribution < 1.29 is 33.7 Å². The lowest BCUT2D eigenvalue weighted by Gasteiger charge is -2.32. The third-order valence-electron chi connectivity index (χ3n) is 5.74. The predicted molar refractivity (Wildman–Crippen MR) is 128 cm³/mol. The molecule has 34 heavy (non-hydrogen) atoms. The molecule has 0 aromatic heterocycles. The minimum absolute atomic E-state index is 0.0505. The average molecular weight is 478 g/mol. The van der Waals surface area contributed by atoms with E-state index in [2.05, 4.69) is 5.32 Å². The van der Waals surface area contributed by atoms with Gasteiger partial charge < -0.3 is 29.4 Å². The van der Waals surface area contributed by atoms with Crippen molar-refractivity contribution in [2.75, 3.05) is 19.8 Å². The molecule has 0 spiro atoms. The van der Waals surface area contributed by atoms with Crippen molar-refractivity contribution in [3.8, 4) is 5.75 Å². The number of Topliss-reactive ketones (excluding diaryl/α,β-unsaturated/α-hetero) is 1. The Morgan fingerprint density at radius 1 is 1.15 bits per heavy atom. The van der Waals surface area contributed by atoms with Gasteiger partial charge >= 0.3 is 5.97 Å². The highest BCUT2D eigenvalue weighted by molar-refractivity contribution is 5.76. The largest absolute Gasteiger partial charge is 0.479 e. The van der Waals surface area contributed by atoms with Gasteiger partial charge in [0.05, 0.1) is 6.61 Å². The third kappa shape index (κ3) is 10.2. The average Bonchev–Trinajstić information content (AvgIpc) is 2.77. The van der Waals surface area contributed by atoms with Crippen molar-refractivity contribution in [2.45, 2.75) is 84.5 Å². The molecule has 1 amide bonds. The van der Waals surface area contributed by atoms with Crippen molar-refractivity contribution in [2.24, 2.45) is 5.92 Å². The minimum Gasteiger partial charge on any atom is -0.479 e. The lowest BCUT2D eigenvalue weighted by Crippen LogP contribution is -2.39. The van der Waals surface area contributed by atoms with Gasteiger partial charge in [-0.25, -0.2) is 4.79 Å². The van der Waals surface area contributed by atoms with Crippen molar-refractivity contribution >= 4 is 17.7 Å². The molecule has 1 aliphatic heterocycles. The molecular formula is C26H39NO7. The zero-order valence-corrected chi connectivity index (χ0v) is 20.6. The van der Waals surface area contributed by atoms with Crippen LogP contribution >= 0.6 is 0 Å². The number of carboxylic acids is 1. The smallest absolute Gasteiger partial charge is 0.332 e. The van der Waals surface area contributed by atoms with Crippen LogP contribution in [0, 0.1) is 5.92 Å². The van der Waals surface area contributed by atoms with Gasteiger partial charge in [-0.3, -0.25) is 4.79 Å². The number of benzene rings is 1. The van der Waals surface area contributed by atoms with E-state index < -0.39 is 18.4 Å². The van der Waals surface area contributed by atoms with Gasteiger partial charge in [0.15, 0.2) is 6.10 Å². The predicted octanol–water partition coefficient (Wildman–Crippen LogP) is 3.68. The van der Waals surface area contributed by atoms with Crippen LogP contribution in [0.1, 0.15) is 70.4 Å². The van der Waals surface area contributed by atoms with Crippen LogP contribution in [-0.2, 0) is 36.7 Å². The number of nitrogens with one attached hydrogen (secondary N) is 1. The Labute approximate surface area is 202 Å². The summed E-state index contributed by atoms with van der Waals surface area (Å²) in [5, 5.41) is 12.2. The van der Waals surface area contributed by atoms with Crippen LogP contribution in [0.2, 0.25) is 0 Å². The molecule has 8 heteroatoms.